The highest BCUT2D eigenvalue weighted by Gasteiger charge is 2.27. The van der Waals surface area contributed by atoms with Gasteiger partial charge in [-0.2, -0.15) is 0 Å². The maximum absolute atomic E-state index is 12.4. The minimum Gasteiger partial charge on any atom is -0.347 e. The van der Waals surface area contributed by atoms with E-state index in [1.165, 1.54) is 0 Å². The fourth-order valence-electron chi connectivity index (χ4n) is 2.83. The van der Waals surface area contributed by atoms with Crippen molar-refractivity contribution in [1.29, 1.82) is 0 Å². The van der Waals surface area contributed by atoms with Gasteiger partial charge in [-0.1, -0.05) is 37.3 Å². The van der Waals surface area contributed by atoms with E-state index in [1.807, 2.05) is 37.3 Å². The van der Waals surface area contributed by atoms with E-state index >= 15 is 0 Å². The summed E-state index contributed by atoms with van der Waals surface area (Å²) in [5.41, 5.74) is 0.740. The van der Waals surface area contributed by atoms with Gasteiger partial charge < -0.3 is 10.2 Å². The van der Waals surface area contributed by atoms with E-state index in [2.05, 4.69) is 5.32 Å². The van der Waals surface area contributed by atoms with E-state index in [0.29, 0.717) is 32.4 Å². The topological polar surface area (TPSA) is 66.5 Å². The summed E-state index contributed by atoms with van der Waals surface area (Å²) in [6, 6.07) is 9.30. The molecule has 1 N–H and O–H groups in total. The Kier molecular flexibility index (Phi) is 6.32. The monoisotopic (exact) mass is 316 g/mol. The summed E-state index contributed by atoms with van der Waals surface area (Å²) >= 11 is 0. The Hall–Kier alpha value is -2.17. The van der Waals surface area contributed by atoms with Crippen LogP contribution < -0.4 is 5.32 Å². The summed E-state index contributed by atoms with van der Waals surface area (Å²) in [6.45, 7) is 3.13. The van der Waals surface area contributed by atoms with Crippen LogP contribution in [0.2, 0.25) is 0 Å². The zero-order chi connectivity index (χ0) is 16.7. The van der Waals surface area contributed by atoms with Gasteiger partial charge >= 0.3 is 0 Å². The number of likely N-dealkylation sites (tertiary alicyclic amines) is 1. The van der Waals surface area contributed by atoms with Crippen molar-refractivity contribution in [2.24, 2.45) is 5.92 Å². The van der Waals surface area contributed by atoms with Gasteiger partial charge in [0, 0.05) is 31.0 Å². The molecule has 0 aliphatic carbocycles. The Bertz CT molecular complexity index is 549. The molecule has 124 valence electrons. The molecule has 0 unspecified atom stereocenters. The van der Waals surface area contributed by atoms with Gasteiger partial charge in [0.15, 0.2) is 5.78 Å². The molecular formula is C18H24N2O3. The molecule has 0 saturated carbocycles. The average Bonchev–Trinajstić information content (AvgIpc) is 2.60. The second kappa shape index (κ2) is 8.46. The number of amides is 2. The van der Waals surface area contributed by atoms with E-state index in [9.17, 15) is 14.4 Å². The third-order valence-corrected chi connectivity index (χ3v) is 4.19. The Morgan fingerprint density at radius 2 is 1.78 bits per heavy atom. The Labute approximate surface area is 137 Å². The number of carbonyl (C=O) groups is 3. The highest BCUT2D eigenvalue weighted by Crippen LogP contribution is 2.21. The largest absolute Gasteiger partial charge is 0.347 e. The lowest BCUT2D eigenvalue weighted by atomic mass is 9.89. The van der Waals surface area contributed by atoms with Crippen molar-refractivity contribution in [3.8, 4) is 0 Å². The maximum Gasteiger partial charge on any atom is 0.241 e. The van der Waals surface area contributed by atoms with Gasteiger partial charge in [0.2, 0.25) is 11.8 Å². The Morgan fingerprint density at radius 1 is 1.13 bits per heavy atom. The molecule has 0 aromatic heterocycles. The molecule has 5 heteroatoms. The number of nitrogens with one attached hydrogen (secondary N) is 1. The van der Waals surface area contributed by atoms with Crippen molar-refractivity contribution < 1.29 is 14.4 Å². The molecule has 5 nitrogen and oxygen atoms in total. The number of carbonyl (C=O) groups excluding carboxylic acids is 3. The van der Waals surface area contributed by atoms with Gasteiger partial charge in [0.25, 0.3) is 0 Å². The molecule has 1 aliphatic rings. The predicted molar refractivity (Wildman–Crippen MR) is 88.0 cm³/mol. The second-order valence-electron chi connectivity index (χ2n) is 5.91. The predicted octanol–water partition coefficient (Wildman–Crippen LogP) is 2.02. The third-order valence-electron chi connectivity index (χ3n) is 4.19. The molecule has 1 fully saturated rings. The molecule has 0 bridgehead atoms. The number of benzene rings is 1. The van der Waals surface area contributed by atoms with Crippen LogP contribution >= 0.6 is 0 Å². The summed E-state index contributed by atoms with van der Waals surface area (Å²) in [5.74, 6) is -0.0138. The molecule has 1 aromatic rings. The van der Waals surface area contributed by atoms with Crippen LogP contribution in [0, 0.1) is 5.92 Å². The van der Waals surface area contributed by atoms with Crippen molar-refractivity contribution in [2.75, 3.05) is 19.6 Å². The van der Waals surface area contributed by atoms with Crippen LogP contribution in [0.25, 0.3) is 0 Å². The van der Waals surface area contributed by atoms with Crippen molar-refractivity contribution in [2.45, 2.75) is 32.6 Å². The normalized spacial score (nSPS) is 15.3. The van der Waals surface area contributed by atoms with E-state index in [-0.39, 0.29) is 30.1 Å². The van der Waals surface area contributed by atoms with Crippen LogP contribution in [0.5, 0.6) is 0 Å². The SMILES string of the molecule is CCCC(=O)NCC(=O)N1CCC(C(=O)c2ccccc2)CC1. The van der Waals surface area contributed by atoms with Crippen LogP contribution in [0.15, 0.2) is 30.3 Å². The van der Waals surface area contributed by atoms with Crippen LogP contribution in [0.1, 0.15) is 43.0 Å². The van der Waals surface area contributed by atoms with Crippen molar-refractivity contribution in [1.82, 2.24) is 10.2 Å². The van der Waals surface area contributed by atoms with E-state index in [0.717, 1.165) is 12.0 Å². The number of ketones is 1. The first-order valence-corrected chi connectivity index (χ1v) is 8.25. The second-order valence-corrected chi connectivity index (χ2v) is 5.91. The summed E-state index contributed by atoms with van der Waals surface area (Å²) in [7, 11) is 0. The average molecular weight is 316 g/mol. The zero-order valence-electron chi connectivity index (χ0n) is 13.6. The lowest BCUT2D eigenvalue weighted by Gasteiger charge is -2.31. The van der Waals surface area contributed by atoms with Gasteiger partial charge in [-0.05, 0) is 19.3 Å². The standard InChI is InChI=1S/C18H24N2O3/c1-2-6-16(21)19-13-17(22)20-11-9-15(10-12-20)18(23)14-7-4-3-5-8-14/h3-5,7-8,15H,2,6,9-13H2,1H3,(H,19,21). The van der Waals surface area contributed by atoms with Gasteiger partial charge in [0.1, 0.15) is 0 Å². The summed E-state index contributed by atoms with van der Waals surface area (Å²) in [6.07, 6.45) is 2.58. The number of hydrogen-bond acceptors (Lipinski definition) is 3. The zero-order valence-corrected chi connectivity index (χ0v) is 13.6. The lowest BCUT2D eigenvalue weighted by molar-refractivity contribution is -0.133. The van der Waals surface area contributed by atoms with Crippen molar-refractivity contribution >= 4 is 17.6 Å². The molecule has 23 heavy (non-hydrogen) atoms. The van der Waals surface area contributed by atoms with Gasteiger partial charge in [-0.25, -0.2) is 0 Å². The molecule has 2 amide bonds. The number of rotatable bonds is 6. The molecule has 1 saturated heterocycles. The first-order chi connectivity index (χ1) is 11.1. The van der Waals surface area contributed by atoms with Crippen LogP contribution in [0.3, 0.4) is 0 Å². The summed E-state index contributed by atoms with van der Waals surface area (Å²) in [4.78, 5) is 37.6. The number of hydrogen-bond donors (Lipinski definition) is 1. The van der Waals surface area contributed by atoms with E-state index in [1.54, 1.807) is 4.90 Å². The quantitative estimate of drug-likeness (QED) is 0.817. The fraction of sp³-hybridized carbons (Fsp3) is 0.500. The number of nitrogens with zero attached hydrogens (tertiary/aromatic N) is 1. The van der Waals surface area contributed by atoms with Gasteiger partial charge in [-0.3, -0.25) is 14.4 Å². The van der Waals surface area contributed by atoms with Gasteiger partial charge in [0.05, 0.1) is 6.54 Å². The molecular weight excluding hydrogens is 292 g/mol. The Morgan fingerprint density at radius 3 is 2.39 bits per heavy atom. The van der Waals surface area contributed by atoms with E-state index < -0.39 is 0 Å². The minimum absolute atomic E-state index is 0.0175. The molecule has 0 spiro atoms. The molecule has 0 radical (unpaired) electrons. The van der Waals surface area contributed by atoms with Crippen molar-refractivity contribution in [3.63, 3.8) is 0 Å². The number of piperidine rings is 1. The first-order valence-electron chi connectivity index (χ1n) is 8.25. The van der Waals surface area contributed by atoms with Crippen LogP contribution in [-0.2, 0) is 9.59 Å². The minimum atomic E-state index is -0.0880. The Balaban J connectivity index is 1.78. The summed E-state index contributed by atoms with van der Waals surface area (Å²) < 4.78 is 0. The maximum atomic E-state index is 12.4. The molecule has 0 atom stereocenters. The highest BCUT2D eigenvalue weighted by molar-refractivity contribution is 5.98. The van der Waals surface area contributed by atoms with Gasteiger partial charge in [-0.15, -0.1) is 0 Å². The molecule has 1 aromatic carbocycles. The number of Topliss-reactive ketones (excluding diaryl/α,β-unsaturated/α-hetero) is 1. The first kappa shape index (κ1) is 17.2. The highest BCUT2D eigenvalue weighted by atomic mass is 16.2. The smallest absolute Gasteiger partial charge is 0.241 e. The lowest BCUT2D eigenvalue weighted by Crippen LogP contribution is -2.45. The van der Waals surface area contributed by atoms with Crippen molar-refractivity contribution in [3.05, 3.63) is 35.9 Å². The third kappa shape index (κ3) is 4.91. The summed E-state index contributed by atoms with van der Waals surface area (Å²) in [5, 5.41) is 2.64. The molecule has 1 heterocycles. The van der Waals surface area contributed by atoms with E-state index in [4.69, 9.17) is 0 Å². The fourth-order valence-corrected chi connectivity index (χ4v) is 2.83. The molecule has 2 rings (SSSR count). The van der Waals surface area contributed by atoms with Crippen LogP contribution in [-0.4, -0.2) is 42.1 Å². The molecule has 1 aliphatic heterocycles. The van der Waals surface area contributed by atoms with Crippen LogP contribution in [0.4, 0.5) is 0 Å².